The van der Waals surface area contributed by atoms with Crippen LogP contribution in [0.1, 0.15) is 33.6 Å². The van der Waals surface area contributed by atoms with Crippen molar-refractivity contribution in [1.29, 1.82) is 0 Å². The summed E-state index contributed by atoms with van der Waals surface area (Å²) in [5, 5.41) is 0.806. The average Bonchev–Trinajstić information content (AvgIpc) is 2.39. The zero-order chi connectivity index (χ0) is 15.2. The maximum absolute atomic E-state index is 12.7. The van der Waals surface area contributed by atoms with Gasteiger partial charge in [0, 0.05) is 6.07 Å². The summed E-state index contributed by atoms with van der Waals surface area (Å²) in [6, 6.07) is 4.82. The molecule has 114 valence electrons. The van der Waals surface area contributed by atoms with E-state index in [0.717, 1.165) is 12.8 Å². The minimum Gasteiger partial charge on any atom is -0.424 e. The Labute approximate surface area is 131 Å². The van der Waals surface area contributed by atoms with E-state index in [2.05, 4.69) is 0 Å². The molecule has 0 bridgehead atoms. The van der Waals surface area contributed by atoms with Gasteiger partial charge in [0.05, 0.1) is 22.8 Å². The molecular weight excluding hydrogens is 318 g/mol. The Morgan fingerprint density at radius 2 is 1.95 bits per heavy atom. The lowest BCUT2D eigenvalue weighted by Gasteiger charge is -2.20. The van der Waals surface area contributed by atoms with Crippen LogP contribution in [0, 0.1) is 5.92 Å². The first-order chi connectivity index (χ1) is 9.36. The Balaban J connectivity index is 2.81. The molecule has 1 aromatic rings. The molecular formula is C14H21Cl2O3P. The normalized spacial score (nSPS) is 14.3. The van der Waals surface area contributed by atoms with Crippen molar-refractivity contribution in [3.8, 4) is 5.75 Å². The lowest BCUT2D eigenvalue weighted by Crippen LogP contribution is -2.07. The number of hydrogen-bond donors (Lipinski definition) is 0. The standard InChI is InChI=1S/C14H21Cl2O3P/c1-4-5-8-20(17,18-10-11(2)3)19-12-6-7-13(15)14(16)9-12/h6-7,9,11H,4-5,8,10H2,1-3H3. The molecule has 0 spiro atoms. The average molecular weight is 339 g/mol. The molecule has 0 fully saturated rings. The smallest absolute Gasteiger partial charge is 0.379 e. The van der Waals surface area contributed by atoms with Gasteiger partial charge in [0.25, 0.3) is 0 Å². The van der Waals surface area contributed by atoms with E-state index in [1.165, 1.54) is 0 Å². The first kappa shape index (κ1) is 17.8. The van der Waals surface area contributed by atoms with Crippen molar-refractivity contribution in [3.63, 3.8) is 0 Å². The van der Waals surface area contributed by atoms with E-state index in [4.69, 9.17) is 32.2 Å². The summed E-state index contributed by atoms with van der Waals surface area (Å²) < 4.78 is 23.8. The summed E-state index contributed by atoms with van der Waals surface area (Å²) in [4.78, 5) is 0. The summed E-state index contributed by atoms with van der Waals surface area (Å²) in [5.74, 6) is 0.713. The Bertz CT molecular complexity index is 477. The second-order valence-corrected chi connectivity index (χ2v) is 7.97. The van der Waals surface area contributed by atoms with Crippen LogP contribution < -0.4 is 4.52 Å². The minimum absolute atomic E-state index is 0.294. The molecule has 0 amide bonds. The summed E-state index contributed by atoms with van der Waals surface area (Å²) in [6.07, 6.45) is 2.12. The summed E-state index contributed by atoms with van der Waals surface area (Å²) in [5.41, 5.74) is 0. The first-order valence-corrected chi connectivity index (χ1v) is 9.23. The van der Waals surface area contributed by atoms with Crippen molar-refractivity contribution in [1.82, 2.24) is 0 Å². The van der Waals surface area contributed by atoms with Crippen LogP contribution in [0.15, 0.2) is 18.2 Å². The van der Waals surface area contributed by atoms with E-state index >= 15 is 0 Å². The fraction of sp³-hybridized carbons (Fsp3) is 0.571. The molecule has 0 aliphatic heterocycles. The van der Waals surface area contributed by atoms with Gasteiger partial charge in [0.1, 0.15) is 5.75 Å². The second kappa shape index (κ2) is 8.29. The molecule has 0 N–H and O–H groups in total. The van der Waals surface area contributed by atoms with Crippen molar-refractivity contribution in [2.24, 2.45) is 5.92 Å². The number of rotatable bonds is 8. The molecule has 0 saturated heterocycles. The molecule has 1 unspecified atom stereocenters. The number of hydrogen-bond acceptors (Lipinski definition) is 3. The van der Waals surface area contributed by atoms with E-state index in [1.54, 1.807) is 18.2 Å². The summed E-state index contributed by atoms with van der Waals surface area (Å²) in [7, 11) is -3.15. The Hall–Kier alpha value is -0.210. The molecule has 0 aliphatic rings. The largest absolute Gasteiger partial charge is 0.424 e. The van der Waals surface area contributed by atoms with Gasteiger partial charge < -0.3 is 4.52 Å². The van der Waals surface area contributed by atoms with Crippen molar-refractivity contribution in [2.45, 2.75) is 33.6 Å². The minimum atomic E-state index is -3.15. The highest BCUT2D eigenvalue weighted by molar-refractivity contribution is 7.54. The zero-order valence-electron chi connectivity index (χ0n) is 12.1. The van der Waals surface area contributed by atoms with Crippen LogP contribution >= 0.6 is 30.8 Å². The van der Waals surface area contributed by atoms with E-state index in [0.29, 0.717) is 34.5 Å². The molecule has 0 aromatic heterocycles. The van der Waals surface area contributed by atoms with Gasteiger partial charge in [0.15, 0.2) is 0 Å². The van der Waals surface area contributed by atoms with Crippen LogP contribution in [0.3, 0.4) is 0 Å². The number of benzene rings is 1. The van der Waals surface area contributed by atoms with Crippen molar-refractivity contribution in [3.05, 3.63) is 28.2 Å². The fourth-order valence-electron chi connectivity index (χ4n) is 1.45. The third-order valence-electron chi connectivity index (χ3n) is 2.53. The third kappa shape index (κ3) is 6.05. The molecule has 20 heavy (non-hydrogen) atoms. The highest BCUT2D eigenvalue weighted by Gasteiger charge is 2.26. The van der Waals surface area contributed by atoms with Gasteiger partial charge in [-0.1, -0.05) is 50.4 Å². The van der Waals surface area contributed by atoms with E-state index in [1.807, 2.05) is 20.8 Å². The lowest BCUT2D eigenvalue weighted by molar-refractivity contribution is 0.233. The van der Waals surface area contributed by atoms with Crippen LogP contribution in [-0.4, -0.2) is 12.8 Å². The Morgan fingerprint density at radius 1 is 1.25 bits per heavy atom. The highest BCUT2D eigenvalue weighted by Crippen LogP contribution is 2.50. The van der Waals surface area contributed by atoms with Crippen molar-refractivity contribution < 1.29 is 13.6 Å². The lowest BCUT2D eigenvalue weighted by atomic mass is 10.2. The fourth-order valence-corrected chi connectivity index (χ4v) is 3.67. The van der Waals surface area contributed by atoms with E-state index < -0.39 is 7.60 Å². The predicted octanol–water partition coefficient (Wildman–Crippen LogP) is 6.04. The van der Waals surface area contributed by atoms with Crippen LogP contribution in [0.4, 0.5) is 0 Å². The maximum Gasteiger partial charge on any atom is 0.379 e. The molecule has 1 aromatic carbocycles. The molecule has 1 rings (SSSR count). The topological polar surface area (TPSA) is 35.5 Å². The number of unbranched alkanes of at least 4 members (excludes halogenated alkanes) is 1. The van der Waals surface area contributed by atoms with Crippen molar-refractivity contribution >= 4 is 30.8 Å². The monoisotopic (exact) mass is 338 g/mol. The molecule has 0 saturated carbocycles. The number of halogens is 2. The van der Waals surface area contributed by atoms with Crippen LogP contribution in [-0.2, 0) is 9.09 Å². The van der Waals surface area contributed by atoms with Crippen LogP contribution in [0.2, 0.25) is 10.0 Å². The van der Waals surface area contributed by atoms with Crippen molar-refractivity contribution in [2.75, 3.05) is 12.8 Å². The molecule has 0 heterocycles. The van der Waals surface area contributed by atoms with Gasteiger partial charge in [-0.3, -0.25) is 4.52 Å². The zero-order valence-corrected chi connectivity index (χ0v) is 14.5. The van der Waals surface area contributed by atoms with Crippen LogP contribution in [0.5, 0.6) is 5.75 Å². The Kier molecular flexibility index (Phi) is 7.39. The highest BCUT2D eigenvalue weighted by atomic mass is 35.5. The van der Waals surface area contributed by atoms with Gasteiger partial charge in [-0.05, 0) is 24.5 Å². The van der Waals surface area contributed by atoms with Gasteiger partial charge in [-0.2, -0.15) is 0 Å². The molecule has 1 atom stereocenters. The van der Waals surface area contributed by atoms with Gasteiger partial charge in [0.2, 0.25) is 0 Å². The van der Waals surface area contributed by atoms with E-state index in [-0.39, 0.29) is 0 Å². The third-order valence-corrected chi connectivity index (χ3v) is 5.16. The van der Waals surface area contributed by atoms with Crippen LogP contribution in [0.25, 0.3) is 0 Å². The van der Waals surface area contributed by atoms with Gasteiger partial charge in [-0.15, -0.1) is 0 Å². The van der Waals surface area contributed by atoms with E-state index in [9.17, 15) is 4.57 Å². The molecule has 0 radical (unpaired) electrons. The molecule has 3 nitrogen and oxygen atoms in total. The molecule has 0 aliphatic carbocycles. The SMILES string of the molecule is CCCCP(=O)(OCC(C)C)Oc1ccc(Cl)c(Cl)c1. The quantitative estimate of drug-likeness (QED) is 0.542. The predicted molar refractivity (Wildman–Crippen MR) is 85.3 cm³/mol. The summed E-state index contributed by atoms with van der Waals surface area (Å²) in [6.45, 7) is 6.45. The first-order valence-electron chi connectivity index (χ1n) is 6.74. The second-order valence-electron chi connectivity index (χ2n) is 5.04. The summed E-state index contributed by atoms with van der Waals surface area (Å²) >= 11 is 11.8. The maximum atomic E-state index is 12.7. The van der Waals surface area contributed by atoms with Gasteiger partial charge in [-0.25, -0.2) is 4.57 Å². The Morgan fingerprint density at radius 3 is 2.50 bits per heavy atom. The molecule has 6 heteroatoms. The van der Waals surface area contributed by atoms with Gasteiger partial charge >= 0.3 is 7.60 Å².